The van der Waals surface area contributed by atoms with E-state index < -0.39 is 5.82 Å². The number of nitrogens with zero attached hydrogens (tertiary/aromatic N) is 4. The van der Waals surface area contributed by atoms with Crippen LogP contribution >= 0.6 is 0 Å². The van der Waals surface area contributed by atoms with E-state index in [2.05, 4.69) is 42.0 Å². The largest absolute Gasteiger partial charge is 0.395 e. The van der Waals surface area contributed by atoms with Gasteiger partial charge in [-0.05, 0) is 42.0 Å². The van der Waals surface area contributed by atoms with E-state index in [0.717, 1.165) is 31.9 Å². The first-order valence-corrected chi connectivity index (χ1v) is 12.5. The van der Waals surface area contributed by atoms with E-state index in [0.29, 0.717) is 34.4 Å². The first-order chi connectivity index (χ1) is 18.9. The Kier molecular flexibility index (Phi) is 7.62. The number of aliphatic hydroxyl groups is 1. The summed E-state index contributed by atoms with van der Waals surface area (Å²) < 4.78 is 15.1. The predicted molar refractivity (Wildman–Crippen MR) is 150 cm³/mol. The number of hydrogen-bond acceptors (Lipinski definition) is 8. The Morgan fingerprint density at radius 2 is 1.97 bits per heavy atom. The third-order valence-corrected chi connectivity index (χ3v) is 6.56. The summed E-state index contributed by atoms with van der Waals surface area (Å²) in [5, 5.41) is 14.8. The average Bonchev–Trinajstić information content (AvgIpc) is 2.94. The minimum absolute atomic E-state index is 0.129. The van der Waals surface area contributed by atoms with Gasteiger partial charge in [0.15, 0.2) is 0 Å². The molecule has 0 radical (unpaired) electrons. The van der Waals surface area contributed by atoms with Crippen LogP contribution in [0.1, 0.15) is 0 Å². The maximum absolute atomic E-state index is 15.1. The maximum Gasteiger partial charge on any atom is 0.249 e. The molecule has 1 aliphatic rings. The number of rotatable bonds is 8. The number of piperazine rings is 1. The van der Waals surface area contributed by atoms with Crippen LogP contribution in [0.15, 0.2) is 72.2 Å². The van der Waals surface area contributed by atoms with Crippen molar-refractivity contribution in [2.75, 3.05) is 54.9 Å². The van der Waals surface area contributed by atoms with E-state index in [1.54, 1.807) is 30.3 Å². The van der Waals surface area contributed by atoms with Crippen molar-refractivity contribution < 1.29 is 14.3 Å². The molecule has 0 bridgehead atoms. The van der Waals surface area contributed by atoms with E-state index in [1.807, 2.05) is 6.07 Å². The SMILES string of the molecule is C=CC(=O)Nc1cccc(-c2cc(=O)[nH]c3cnc(Nc4ccc(N5CCN(CCO)CC5)cc4F)nc23)c1. The number of anilines is 4. The number of aromatic nitrogens is 3. The Labute approximate surface area is 223 Å². The number of carbonyl (C=O) groups is 1. The zero-order valence-corrected chi connectivity index (χ0v) is 21.2. The molecule has 2 aromatic carbocycles. The summed E-state index contributed by atoms with van der Waals surface area (Å²) in [6, 6.07) is 13.4. The molecule has 5 rings (SSSR count). The van der Waals surface area contributed by atoms with Crippen molar-refractivity contribution in [1.82, 2.24) is 19.9 Å². The van der Waals surface area contributed by atoms with Crippen molar-refractivity contribution in [3.63, 3.8) is 0 Å². The van der Waals surface area contributed by atoms with Crippen molar-refractivity contribution in [2.45, 2.75) is 0 Å². The number of halogens is 1. The molecular weight excluding hydrogens is 501 g/mol. The third-order valence-electron chi connectivity index (χ3n) is 6.56. The van der Waals surface area contributed by atoms with Crippen LogP contribution in [0.2, 0.25) is 0 Å². The number of aliphatic hydroxyl groups excluding tert-OH is 1. The fourth-order valence-electron chi connectivity index (χ4n) is 4.58. The molecule has 3 heterocycles. The molecule has 11 heteroatoms. The number of benzene rings is 2. The first-order valence-electron chi connectivity index (χ1n) is 12.5. The number of aromatic amines is 1. The molecule has 1 aliphatic heterocycles. The minimum Gasteiger partial charge on any atom is -0.395 e. The molecule has 10 nitrogen and oxygen atoms in total. The van der Waals surface area contributed by atoms with E-state index in [9.17, 15) is 9.59 Å². The van der Waals surface area contributed by atoms with Crippen LogP contribution in [0, 0.1) is 5.82 Å². The van der Waals surface area contributed by atoms with Gasteiger partial charge in [0.25, 0.3) is 0 Å². The summed E-state index contributed by atoms with van der Waals surface area (Å²) in [5.41, 5.74) is 3.27. The number of nitrogens with one attached hydrogen (secondary N) is 3. The molecule has 39 heavy (non-hydrogen) atoms. The van der Waals surface area contributed by atoms with Gasteiger partial charge in [0.2, 0.25) is 17.4 Å². The second kappa shape index (κ2) is 11.4. The van der Waals surface area contributed by atoms with Gasteiger partial charge in [-0.25, -0.2) is 14.4 Å². The van der Waals surface area contributed by atoms with Gasteiger partial charge in [-0.2, -0.15) is 0 Å². The fraction of sp³-hybridized carbons (Fsp3) is 0.214. The number of H-pyrrole nitrogens is 1. The summed E-state index contributed by atoms with van der Waals surface area (Å²) in [6.07, 6.45) is 2.64. The van der Waals surface area contributed by atoms with Crippen molar-refractivity contribution in [3.05, 3.63) is 83.6 Å². The van der Waals surface area contributed by atoms with Gasteiger partial charge in [0, 0.05) is 55.7 Å². The highest BCUT2D eigenvalue weighted by Crippen LogP contribution is 2.29. The molecule has 1 saturated heterocycles. The number of pyridine rings is 1. The molecular formula is C28H28FN7O3. The van der Waals surface area contributed by atoms with E-state index in [1.165, 1.54) is 24.4 Å². The van der Waals surface area contributed by atoms with Gasteiger partial charge in [-0.3, -0.25) is 14.5 Å². The zero-order chi connectivity index (χ0) is 27.4. The normalized spacial score (nSPS) is 13.8. The fourth-order valence-corrected chi connectivity index (χ4v) is 4.58. The molecule has 4 aromatic rings. The Morgan fingerprint density at radius 3 is 2.72 bits per heavy atom. The van der Waals surface area contributed by atoms with Crippen LogP contribution in [0.25, 0.3) is 22.2 Å². The van der Waals surface area contributed by atoms with E-state index in [-0.39, 0.29) is 29.7 Å². The van der Waals surface area contributed by atoms with Crippen molar-refractivity contribution in [3.8, 4) is 11.1 Å². The Hall–Kier alpha value is -4.61. The number of hydrogen-bond donors (Lipinski definition) is 4. The predicted octanol–water partition coefficient (Wildman–Crippen LogP) is 3.11. The van der Waals surface area contributed by atoms with Crippen molar-refractivity contribution >= 4 is 40.0 Å². The lowest BCUT2D eigenvalue weighted by Crippen LogP contribution is -2.47. The lowest BCUT2D eigenvalue weighted by molar-refractivity contribution is -0.111. The van der Waals surface area contributed by atoms with Crippen molar-refractivity contribution in [1.29, 1.82) is 0 Å². The minimum atomic E-state index is -0.443. The number of carbonyl (C=O) groups excluding carboxylic acids is 1. The Bertz CT molecular complexity index is 1580. The van der Waals surface area contributed by atoms with Crippen LogP contribution in [0.5, 0.6) is 0 Å². The average molecular weight is 530 g/mol. The van der Waals surface area contributed by atoms with Crippen molar-refractivity contribution in [2.24, 2.45) is 0 Å². The van der Waals surface area contributed by atoms with Gasteiger partial charge in [-0.1, -0.05) is 18.7 Å². The van der Waals surface area contributed by atoms with Gasteiger partial charge in [0.05, 0.1) is 24.0 Å². The molecule has 0 atom stereocenters. The molecule has 2 aromatic heterocycles. The Morgan fingerprint density at radius 1 is 1.15 bits per heavy atom. The summed E-state index contributed by atoms with van der Waals surface area (Å²) in [5.74, 6) is -0.633. The molecule has 0 spiro atoms. The van der Waals surface area contributed by atoms with Crippen LogP contribution in [0.3, 0.4) is 0 Å². The van der Waals surface area contributed by atoms with Gasteiger partial charge in [0.1, 0.15) is 11.3 Å². The standard InChI is InChI=1S/C28H28FN7O3/c1-2-25(38)31-19-5-3-4-18(14-19)21-16-26(39)32-24-17-30-28(34-27(21)24)33-23-7-6-20(15-22(23)29)36-10-8-35(9-11-36)12-13-37/h2-7,14-17,37H,1,8-13H2,(H,31,38)(H,32,39)(H,30,33,34). The van der Waals surface area contributed by atoms with E-state index in [4.69, 9.17) is 5.11 Å². The molecule has 0 aliphatic carbocycles. The molecule has 1 amide bonds. The third kappa shape index (κ3) is 5.95. The first kappa shape index (κ1) is 26.0. The van der Waals surface area contributed by atoms with Gasteiger partial charge >= 0.3 is 0 Å². The van der Waals surface area contributed by atoms with Gasteiger partial charge < -0.3 is 25.6 Å². The van der Waals surface area contributed by atoms with Gasteiger partial charge in [-0.15, -0.1) is 0 Å². The maximum atomic E-state index is 15.1. The lowest BCUT2D eigenvalue weighted by atomic mass is 10.0. The summed E-state index contributed by atoms with van der Waals surface area (Å²) in [6.45, 7) is 7.34. The number of fused-ring (bicyclic) bond motifs is 1. The van der Waals surface area contributed by atoms with Crippen LogP contribution < -0.4 is 21.1 Å². The summed E-state index contributed by atoms with van der Waals surface area (Å²) in [4.78, 5) is 39.9. The second-order valence-corrected chi connectivity index (χ2v) is 9.12. The van der Waals surface area contributed by atoms with Crippen LogP contribution in [0.4, 0.5) is 27.4 Å². The second-order valence-electron chi connectivity index (χ2n) is 9.12. The highest BCUT2D eigenvalue weighted by atomic mass is 19.1. The number of β-amino-alcohol motifs (C(OH)–C–C–N with tert-alkyl or cyclic N) is 1. The lowest BCUT2D eigenvalue weighted by Gasteiger charge is -2.35. The monoisotopic (exact) mass is 529 g/mol. The molecule has 200 valence electrons. The molecule has 0 saturated carbocycles. The summed E-state index contributed by atoms with van der Waals surface area (Å²) in [7, 11) is 0. The Balaban J connectivity index is 1.40. The highest BCUT2D eigenvalue weighted by molar-refractivity contribution is 6.00. The molecule has 1 fully saturated rings. The summed E-state index contributed by atoms with van der Waals surface area (Å²) >= 11 is 0. The quantitative estimate of drug-likeness (QED) is 0.257. The zero-order valence-electron chi connectivity index (χ0n) is 21.2. The highest BCUT2D eigenvalue weighted by Gasteiger charge is 2.18. The smallest absolute Gasteiger partial charge is 0.249 e. The van der Waals surface area contributed by atoms with E-state index >= 15 is 4.39 Å². The number of amides is 1. The van der Waals surface area contributed by atoms with Crippen LogP contribution in [-0.2, 0) is 4.79 Å². The van der Waals surface area contributed by atoms with Crippen LogP contribution in [-0.4, -0.2) is 70.2 Å². The molecule has 4 N–H and O–H groups in total. The topological polar surface area (TPSA) is 126 Å². The molecule has 0 unspecified atom stereocenters.